The molecule has 1 aliphatic carbocycles. The van der Waals surface area contributed by atoms with Gasteiger partial charge in [-0.3, -0.25) is 0 Å². The van der Waals surface area contributed by atoms with Crippen LogP contribution in [-0.4, -0.2) is 39.4 Å². The molecule has 3 heteroatoms. The van der Waals surface area contributed by atoms with Gasteiger partial charge < -0.3 is 15.4 Å². The second kappa shape index (κ2) is 7.46. The molecule has 1 unspecified atom stereocenters. The summed E-state index contributed by atoms with van der Waals surface area (Å²) in [5, 5.41) is 7.38. The highest BCUT2D eigenvalue weighted by Gasteiger charge is 2.32. The minimum Gasteiger partial charge on any atom is -0.384 e. The molecule has 2 rings (SSSR count). The smallest absolute Gasteiger partial charge is 0.0543 e. The van der Waals surface area contributed by atoms with E-state index in [0.29, 0.717) is 5.41 Å². The lowest BCUT2D eigenvalue weighted by Crippen LogP contribution is -2.50. The predicted octanol–water partition coefficient (Wildman–Crippen LogP) is 2.31. The fourth-order valence-corrected chi connectivity index (χ4v) is 3.51. The molecule has 0 radical (unpaired) electrons. The van der Waals surface area contributed by atoms with Gasteiger partial charge in [0.25, 0.3) is 0 Å². The minimum absolute atomic E-state index is 0.333. The van der Waals surface area contributed by atoms with Gasteiger partial charge in [-0.15, -0.1) is 0 Å². The summed E-state index contributed by atoms with van der Waals surface area (Å²) in [4.78, 5) is 0. The Balaban J connectivity index is 1.80. The van der Waals surface area contributed by atoms with Crippen molar-refractivity contribution in [3.8, 4) is 0 Å². The van der Waals surface area contributed by atoms with Gasteiger partial charge in [0.2, 0.25) is 0 Å². The minimum atomic E-state index is 0.333. The second-order valence-corrected chi connectivity index (χ2v) is 6.28. The Bertz CT molecular complexity index is 213. The van der Waals surface area contributed by atoms with Crippen LogP contribution in [0.1, 0.15) is 51.4 Å². The maximum absolute atomic E-state index is 5.47. The fraction of sp³-hybridized carbons (Fsp3) is 1.00. The van der Waals surface area contributed by atoms with Crippen LogP contribution in [0.25, 0.3) is 0 Å². The first-order valence-corrected chi connectivity index (χ1v) is 7.78. The van der Waals surface area contributed by atoms with E-state index >= 15 is 0 Å². The van der Waals surface area contributed by atoms with Gasteiger partial charge in [0.05, 0.1) is 6.61 Å². The van der Waals surface area contributed by atoms with Crippen LogP contribution < -0.4 is 10.6 Å². The molecule has 3 nitrogen and oxygen atoms in total. The van der Waals surface area contributed by atoms with Crippen LogP contribution in [0.2, 0.25) is 0 Å². The third-order valence-corrected chi connectivity index (χ3v) is 4.63. The number of ether oxygens (including phenoxy) is 1. The molecule has 106 valence electrons. The first-order valence-electron chi connectivity index (χ1n) is 7.78. The fourth-order valence-electron chi connectivity index (χ4n) is 3.51. The van der Waals surface area contributed by atoms with Gasteiger partial charge in [0, 0.05) is 31.7 Å². The number of nitrogens with one attached hydrogen (secondary N) is 2. The number of methoxy groups -OCH3 is 1. The number of hydrogen-bond donors (Lipinski definition) is 2. The molecule has 0 bridgehead atoms. The zero-order valence-corrected chi connectivity index (χ0v) is 12.0. The van der Waals surface area contributed by atoms with Crippen molar-refractivity contribution >= 4 is 0 Å². The largest absolute Gasteiger partial charge is 0.384 e. The highest BCUT2D eigenvalue weighted by molar-refractivity contribution is 4.88. The molecule has 18 heavy (non-hydrogen) atoms. The Morgan fingerprint density at radius 2 is 1.94 bits per heavy atom. The Morgan fingerprint density at radius 1 is 1.17 bits per heavy atom. The van der Waals surface area contributed by atoms with E-state index in [9.17, 15) is 0 Å². The summed E-state index contributed by atoms with van der Waals surface area (Å²) in [6.45, 7) is 4.30. The van der Waals surface area contributed by atoms with Crippen LogP contribution in [0.5, 0.6) is 0 Å². The van der Waals surface area contributed by atoms with Crippen molar-refractivity contribution in [2.75, 3.05) is 33.4 Å². The van der Waals surface area contributed by atoms with Gasteiger partial charge in [-0.05, 0) is 32.2 Å². The molecule has 0 amide bonds. The van der Waals surface area contributed by atoms with E-state index in [1.54, 1.807) is 0 Å². The average Bonchev–Trinajstić information content (AvgIpc) is 2.67. The standard InChI is InChI=1S/C15H30N2O/c1-18-13-15(9-6-10-16-11-15)12-17-14-7-4-2-3-5-8-14/h14,16-17H,2-13H2,1H3. The highest BCUT2D eigenvalue weighted by Crippen LogP contribution is 2.27. The molecule has 2 aliphatic rings. The van der Waals surface area contributed by atoms with E-state index in [2.05, 4.69) is 10.6 Å². The summed E-state index contributed by atoms with van der Waals surface area (Å²) in [5.41, 5.74) is 0.333. The van der Waals surface area contributed by atoms with Crippen LogP contribution >= 0.6 is 0 Å². The Hall–Kier alpha value is -0.120. The molecule has 2 fully saturated rings. The molecule has 0 spiro atoms. The SMILES string of the molecule is COCC1(CNC2CCCCCC2)CCCNC1. The quantitative estimate of drug-likeness (QED) is 0.739. The van der Waals surface area contributed by atoms with E-state index in [0.717, 1.165) is 25.7 Å². The molecule has 0 aromatic carbocycles. The van der Waals surface area contributed by atoms with Crippen molar-refractivity contribution in [2.45, 2.75) is 57.4 Å². The summed E-state index contributed by atoms with van der Waals surface area (Å²) >= 11 is 0. The molecule has 2 N–H and O–H groups in total. The summed E-state index contributed by atoms with van der Waals surface area (Å²) in [7, 11) is 1.84. The first-order chi connectivity index (χ1) is 8.85. The van der Waals surface area contributed by atoms with Crippen LogP contribution in [0.15, 0.2) is 0 Å². The molecule has 1 saturated carbocycles. The zero-order valence-electron chi connectivity index (χ0n) is 12.0. The average molecular weight is 254 g/mol. The van der Waals surface area contributed by atoms with Crippen molar-refractivity contribution in [2.24, 2.45) is 5.41 Å². The summed E-state index contributed by atoms with van der Waals surface area (Å²) in [6, 6.07) is 0.753. The summed E-state index contributed by atoms with van der Waals surface area (Å²) in [5.74, 6) is 0. The molecular weight excluding hydrogens is 224 g/mol. The van der Waals surface area contributed by atoms with Gasteiger partial charge in [-0.2, -0.15) is 0 Å². The Morgan fingerprint density at radius 3 is 2.56 bits per heavy atom. The van der Waals surface area contributed by atoms with Crippen LogP contribution in [-0.2, 0) is 4.74 Å². The number of hydrogen-bond acceptors (Lipinski definition) is 3. The summed E-state index contributed by atoms with van der Waals surface area (Å²) < 4.78 is 5.47. The maximum atomic E-state index is 5.47. The third-order valence-electron chi connectivity index (χ3n) is 4.63. The van der Waals surface area contributed by atoms with Crippen LogP contribution in [0.3, 0.4) is 0 Å². The lowest BCUT2D eigenvalue weighted by Gasteiger charge is -2.38. The maximum Gasteiger partial charge on any atom is 0.0543 e. The molecular formula is C15H30N2O. The molecule has 1 heterocycles. The van der Waals surface area contributed by atoms with Crippen LogP contribution in [0.4, 0.5) is 0 Å². The van der Waals surface area contributed by atoms with Crippen molar-refractivity contribution in [3.63, 3.8) is 0 Å². The van der Waals surface area contributed by atoms with E-state index in [-0.39, 0.29) is 0 Å². The third kappa shape index (κ3) is 4.22. The molecule has 0 aromatic rings. The van der Waals surface area contributed by atoms with Crippen molar-refractivity contribution in [1.29, 1.82) is 0 Å². The lowest BCUT2D eigenvalue weighted by molar-refractivity contribution is 0.0555. The first kappa shape index (κ1) is 14.3. The van der Waals surface area contributed by atoms with Crippen molar-refractivity contribution in [1.82, 2.24) is 10.6 Å². The molecule has 1 saturated heterocycles. The number of rotatable bonds is 5. The van der Waals surface area contributed by atoms with Gasteiger partial charge >= 0.3 is 0 Å². The second-order valence-electron chi connectivity index (χ2n) is 6.28. The highest BCUT2D eigenvalue weighted by atomic mass is 16.5. The summed E-state index contributed by atoms with van der Waals surface area (Å²) in [6.07, 6.45) is 11.0. The molecule has 1 atom stereocenters. The van der Waals surface area contributed by atoms with E-state index in [1.165, 1.54) is 57.9 Å². The van der Waals surface area contributed by atoms with E-state index in [1.807, 2.05) is 7.11 Å². The number of piperidine rings is 1. The van der Waals surface area contributed by atoms with Crippen LogP contribution in [0, 0.1) is 5.41 Å². The zero-order chi connectivity index (χ0) is 12.7. The van der Waals surface area contributed by atoms with E-state index in [4.69, 9.17) is 4.74 Å². The van der Waals surface area contributed by atoms with Gasteiger partial charge in [0.15, 0.2) is 0 Å². The van der Waals surface area contributed by atoms with Crippen molar-refractivity contribution < 1.29 is 4.74 Å². The van der Waals surface area contributed by atoms with Gasteiger partial charge in [-0.25, -0.2) is 0 Å². The van der Waals surface area contributed by atoms with Gasteiger partial charge in [-0.1, -0.05) is 25.7 Å². The van der Waals surface area contributed by atoms with Crippen molar-refractivity contribution in [3.05, 3.63) is 0 Å². The normalized spacial score (nSPS) is 31.2. The van der Waals surface area contributed by atoms with Gasteiger partial charge in [0.1, 0.15) is 0 Å². The topological polar surface area (TPSA) is 33.3 Å². The monoisotopic (exact) mass is 254 g/mol. The lowest BCUT2D eigenvalue weighted by atomic mass is 9.81. The Labute approximate surface area is 112 Å². The Kier molecular flexibility index (Phi) is 5.93. The molecule has 1 aliphatic heterocycles. The molecule has 0 aromatic heterocycles. The van der Waals surface area contributed by atoms with E-state index < -0.39 is 0 Å². The predicted molar refractivity (Wildman–Crippen MR) is 75.9 cm³/mol.